The number of rotatable bonds is 4. The van der Waals surface area contributed by atoms with Crippen LogP contribution in [0.2, 0.25) is 0 Å². The van der Waals surface area contributed by atoms with Crippen molar-refractivity contribution < 1.29 is 4.74 Å². The first-order valence-electron chi connectivity index (χ1n) is 6.60. The highest BCUT2D eigenvalue weighted by Crippen LogP contribution is 2.17. The summed E-state index contributed by atoms with van der Waals surface area (Å²) in [4.78, 5) is 2.42. The van der Waals surface area contributed by atoms with Crippen LogP contribution >= 0.6 is 11.7 Å². The zero-order valence-electron chi connectivity index (χ0n) is 10.8. The fourth-order valence-corrected chi connectivity index (χ4v) is 2.99. The summed E-state index contributed by atoms with van der Waals surface area (Å²) in [5.74, 6) is 0. The molecule has 2 aromatic rings. The van der Waals surface area contributed by atoms with Crippen LogP contribution in [0.4, 0.5) is 0 Å². The Balaban J connectivity index is 1.66. The number of benzene rings is 1. The molecular weight excluding hydrogens is 260 g/mol. The van der Waals surface area contributed by atoms with Crippen molar-refractivity contribution in [3.63, 3.8) is 0 Å². The average Bonchev–Trinajstić information content (AvgIpc) is 2.87. The minimum absolute atomic E-state index is 0.281. The predicted molar refractivity (Wildman–Crippen MR) is 76.1 cm³/mol. The first-order valence-corrected chi connectivity index (χ1v) is 7.33. The summed E-state index contributed by atoms with van der Waals surface area (Å²) in [6, 6.07) is 6.31. The molecule has 3 rings (SSSR count). The molecule has 2 heterocycles. The molecule has 6 heteroatoms. The summed E-state index contributed by atoms with van der Waals surface area (Å²) < 4.78 is 14.2. The Morgan fingerprint density at radius 1 is 1.37 bits per heavy atom. The molecular formula is C13H18N4OS. The number of nitrogens with two attached hydrogens (primary N) is 1. The van der Waals surface area contributed by atoms with E-state index in [0.29, 0.717) is 6.54 Å². The third-order valence-corrected chi connectivity index (χ3v) is 3.99. The van der Waals surface area contributed by atoms with Gasteiger partial charge < -0.3 is 10.5 Å². The van der Waals surface area contributed by atoms with Crippen molar-refractivity contribution in [1.29, 1.82) is 0 Å². The molecule has 2 N–H and O–H groups in total. The summed E-state index contributed by atoms with van der Waals surface area (Å²) in [5.41, 5.74) is 8.86. The van der Waals surface area contributed by atoms with Gasteiger partial charge in [-0.3, -0.25) is 4.90 Å². The third-order valence-electron chi connectivity index (χ3n) is 3.44. The van der Waals surface area contributed by atoms with Crippen LogP contribution in [0.3, 0.4) is 0 Å². The van der Waals surface area contributed by atoms with Gasteiger partial charge in [-0.05, 0) is 30.7 Å². The Morgan fingerprint density at radius 2 is 2.26 bits per heavy atom. The number of hydrogen-bond acceptors (Lipinski definition) is 6. The fraction of sp³-hybridized carbons (Fsp3) is 0.538. The van der Waals surface area contributed by atoms with E-state index < -0.39 is 0 Å². The normalized spacial score (nSPS) is 21.0. The van der Waals surface area contributed by atoms with E-state index in [0.717, 1.165) is 43.7 Å². The molecule has 19 heavy (non-hydrogen) atoms. The monoisotopic (exact) mass is 278 g/mol. The Bertz CT molecular complexity index is 542. The SMILES string of the molecule is NCC[C@@H]1CN(Cc2ccc3nsnc3c2)CCO1. The molecule has 1 aliphatic heterocycles. The van der Waals surface area contributed by atoms with Crippen LogP contribution < -0.4 is 5.73 Å². The summed E-state index contributed by atoms with van der Waals surface area (Å²) in [6.07, 6.45) is 1.22. The van der Waals surface area contributed by atoms with E-state index in [-0.39, 0.29) is 6.10 Å². The van der Waals surface area contributed by atoms with Gasteiger partial charge in [-0.15, -0.1) is 0 Å². The molecule has 1 aliphatic rings. The Labute approximate surface area is 116 Å². The van der Waals surface area contributed by atoms with E-state index in [4.69, 9.17) is 10.5 Å². The standard InChI is InChI=1S/C13H18N4OS/c14-4-3-11-9-17(5-6-18-11)8-10-1-2-12-13(7-10)16-19-15-12/h1-2,7,11H,3-6,8-9,14H2/t11-/m1/s1. The molecule has 102 valence electrons. The lowest BCUT2D eigenvalue weighted by molar-refractivity contribution is -0.0335. The number of ether oxygens (including phenoxy) is 1. The van der Waals surface area contributed by atoms with E-state index in [9.17, 15) is 0 Å². The van der Waals surface area contributed by atoms with E-state index in [1.807, 2.05) is 6.07 Å². The summed E-state index contributed by atoms with van der Waals surface area (Å²) in [7, 11) is 0. The van der Waals surface area contributed by atoms with Crippen LogP contribution in [0.1, 0.15) is 12.0 Å². The third kappa shape index (κ3) is 3.09. The lowest BCUT2D eigenvalue weighted by Gasteiger charge is -2.32. The minimum atomic E-state index is 0.281. The largest absolute Gasteiger partial charge is 0.376 e. The van der Waals surface area contributed by atoms with Gasteiger partial charge in [-0.25, -0.2) is 0 Å². The van der Waals surface area contributed by atoms with Gasteiger partial charge in [-0.2, -0.15) is 8.75 Å². The van der Waals surface area contributed by atoms with E-state index >= 15 is 0 Å². The summed E-state index contributed by atoms with van der Waals surface area (Å²) >= 11 is 1.27. The maximum absolute atomic E-state index is 5.70. The molecule has 1 fully saturated rings. The second-order valence-corrected chi connectivity index (χ2v) is 5.42. The molecule has 1 aromatic carbocycles. The first-order chi connectivity index (χ1) is 9.35. The quantitative estimate of drug-likeness (QED) is 0.911. The molecule has 1 saturated heterocycles. The molecule has 5 nitrogen and oxygen atoms in total. The number of aromatic nitrogens is 2. The predicted octanol–water partition coefficient (Wildman–Crippen LogP) is 1.24. The number of hydrogen-bond donors (Lipinski definition) is 1. The Kier molecular flexibility index (Phi) is 4.03. The highest BCUT2D eigenvalue weighted by molar-refractivity contribution is 7.00. The van der Waals surface area contributed by atoms with E-state index in [1.165, 1.54) is 17.3 Å². The lowest BCUT2D eigenvalue weighted by atomic mass is 10.1. The molecule has 0 saturated carbocycles. The second kappa shape index (κ2) is 5.92. The van der Waals surface area contributed by atoms with Crippen LogP contribution in [-0.4, -0.2) is 46.0 Å². The van der Waals surface area contributed by atoms with Crippen molar-refractivity contribution in [3.8, 4) is 0 Å². The van der Waals surface area contributed by atoms with Gasteiger partial charge >= 0.3 is 0 Å². The number of nitrogens with zero attached hydrogens (tertiary/aromatic N) is 3. The maximum Gasteiger partial charge on any atom is 0.105 e. The van der Waals surface area contributed by atoms with Crippen LogP contribution in [-0.2, 0) is 11.3 Å². The highest BCUT2D eigenvalue weighted by Gasteiger charge is 2.19. The second-order valence-electron chi connectivity index (χ2n) is 4.89. The van der Waals surface area contributed by atoms with E-state index in [2.05, 4.69) is 25.8 Å². The fourth-order valence-electron chi connectivity index (χ4n) is 2.47. The molecule has 0 amide bonds. The van der Waals surface area contributed by atoms with Gasteiger partial charge in [0.05, 0.1) is 24.4 Å². The van der Waals surface area contributed by atoms with Crippen molar-refractivity contribution in [3.05, 3.63) is 23.8 Å². The van der Waals surface area contributed by atoms with Gasteiger partial charge in [0.25, 0.3) is 0 Å². The highest BCUT2D eigenvalue weighted by atomic mass is 32.1. The minimum Gasteiger partial charge on any atom is -0.376 e. The zero-order valence-corrected chi connectivity index (χ0v) is 11.6. The lowest BCUT2D eigenvalue weighted by Crippen LogP contribution is -2.42. The first kappa shape index (κ1) is 12.9. The average molecular weight is 278 g/mol. The maximum atomic E-state index is 5.70. The molecule has 0 unspecified atom stereocenters. The topological polar surface area (TPSA) is 64.3 Å². The Hall–Kier alpha value is -1.08. The van der Waals surface area contributed by atoms with E-state index in [1.54, 1.807) is 0 Å². The van der Waals surface area contributed by atoms with Crippen molar-refractivity contribution in [1.82, 2.24) is 13.6 Å². The zero-order chi connectivity index (χ0) is 13.1. The Morgan fingerprint density at radius 3 is 3.16 bits per heavy atom. The molecule has 0 spiro atoms. The van der Waals surface area contributed by atoms with Crippen molar-refractivity contribution >= 4 is 22.8 Å². The van der Waals surface area contributed by atoms with Crippen molar-refractivity contribution in [2.24, 2.45) is 5.73 Å². The van der Waals surface area contributed by atoms with Crippen LogP contribution in [0, 0.1) is 0 Å². The van der Waals surface area contributed by atoms with Gasteiger partial charge in [0, 0.05) is 19.6 Å². The molecule has 0 aliphatic carbocycles. The number of morpholine rings is 1. The van der Waals surface area contributed by atoms with Crippen LogP contribution in [0.25, 0.3) is 11.0 Å². The summed E-state index contributed by atoms with van der Waals surface area (Å²) in [6.45, 7) is 4.37. The van der Waals surface area contributed by atoms with Crippen LogP contribution in [0.5, 0.6) is 0 Å². The molecule has 1 aromatic heterocycles. The van der Waals surface area contributed by atoms with Crippen molar-refractivity contribution in [2.75, 3.05) is 26.2 Å². The molecule has 1 atom stereocenters. The van der Waals surface area contributed by atoms with Gasteiger partial charge in [0.1, 0.15) is 11.0 Å². The molecule has 0 radical (unpaired) electrons. The summed E-state index contributed by atoms with van der Waals surface area (Å²) in [5, 5.41) is 0. The van der Waals surface area contributed by atoms with Gasteiger partial charge in [0.2, 0.25) is 0 Å². The van der Waals surface area contributed by atoms with Gasteiger partial charge in [0.15, 0.2) is 0 Å². The van der Waals surface area contributed by atoms with Crippen LogP contribution in [0.15, 0.2) is 18.2 Å². The molecule has 0 bridgehead atoms. The smallest absolute Gasteiger partial charge is 0.105 e. The van der Waals surface area contributed by atoms with Gasteiger partial charge in [-0.1, -0.05) is 6.07 Å². The number of fused-ring (bicyclic) bond motifs is 1. The van der Waals surface area contributed by atoms with Crippen molar-refractivity contribution in [2.45, 2.75) is 19.1 Å².